The summed E-state index contributed by atoms with van der Waals surface area (Å²) in [5.41, 5.74) is 0.286. The van der Waals surface area contributed by atoms with Gasteiger partial charge in [0.15, 0.2) is 5.78 Å². The molecule has 0 spiro atoms. The van der Waals surface area contributed by atoms with Gasteiger partial charge in [-0.2, -0.15) is 0 Å². The van der Waals surface area contributed by atoms with Crippen molar-refractivity contribution in [2.45, 2.75) is 0 Å². The van der Waals surface area contributed by atoms with Gasteiger partial charge in [0.25, 0.3) is 5.69 Å². The van der Waals surface area contributed by atoms with Gasteiger partial charge in [0.05, 0.1) is 10.8 Å². The summed E-state index contributed by atoms with van der Waals surface area (Å²) in [7, 11) is 0. The van der Waals surface area contributed by atoms with Gasteiger partial charge in [-0.25, -0.2) is 0 Å². The molecule has 0 heterocycles. The van der Waals surface area contributed by atoms with Crippen molar-refractivity contribution in [1.29, 1.82) is 0 Å². The third-order valence-corrected chi connectivity index (χ3v) is 2.48. The number of rotatable bonds is 3. The van der Waals surface area contributed by atoms with Crippen LogP contribution in [0.15, 0.2) is 22.7 Å². The minimum absolute atomic E-state index is 0.0667. The Hall–Kier alpha value is -0.940. The van der Waals surface area contributed by atoms with Crippen LogP contribution in [0.5, 0.6) is 0 Å². The van der Waals surface area contributed by atoms with Gasteiger partial charge in [-0.05, 0) is 22.0 Å². The van der Waals surface area contributed by atoms with Crippen LogP contribution in [0, 0.1) is 10.1 Å². The highest BCUT2D eigenvalue weighted by Gasteiger charge is 2.13. The van der Waals surface area contributed by atoms with E-state index in [-0.39, 0.29) is 17.4 Å². The van der Waals surface area contributed by atoms with Crippen molar-refractivity contribution < 1.29 is 9.72 Å². The van der Waals surface area contributed by atoms with Gasteiger partial charge in [-0.15, -0.1) is 11.6 Å². The zero-order valence-electron chi connectivity index (χ0n) is 6.87. The van der Waals surface area contributed by atoms with Crippen LogP contribution in [-0.2, 0) is 0 Å². The number of Topliss-reactive ketones (excluding diaryl/α,β-unsaturated/α-hetero) is 1. The number of hydrogen-bond acceptors (Lipinski definition) is 3. The molecule has 0 amide bonds. The van der Waals surface area contributed by atoms with Gasteiger partial charge in [-0.3, -0.25) is 14.9 Å². The summed E-state index contributed by atoms with van der Waals surface area (Å²) in [6.07, 6.45) is 0. The van der Waals surface area contributed by atoms with Crippen LogP contribution in [0.25, 0.3) is 0 Å². The Morgan fingerprint density at radius 3 is 2.64 bits per heavy atom. The summed E-state index contributed by atoms with van der Waals surface area (Å²) in [6, 6.07) is 3.93. The molecule has 0 N–H and O–H groups in total. The number of hydrogen-bond donors (Lipinski definition) is 0. The lowest BCUT2D eigenvalue weighted by Crippen LogP contribution is -2.01. The van der Waals surface area contributed by atoms with E-state index < -0.39 is 4.92 Å². The molecule has 0 aromatic heterocycles. The van der Waals surface area contributed by atoms with Gasteiger partial charge >= 0.3 is 0 Å². The average Bonchev–Trinajstić information content (AvgIpc) is 2.16. The van der Waals surface area contributed by atoms with E-state index in [9.17, 15) is 14.9 Å². The summed E-state index contributed by atoms with van der Waals surface area (Å²) in [5, 5.41) is 10.4. The maximum atomic E-state index is 11.2. The van der Waals surface area contributed by atoms with Crippen molar-refractivity contribution in [3.63, 3.8) is 0 Å². The SMILES string of the molecule is O=C(CCl)c1ccc([N+](=O)[O-])cc1Br. The summed E-state index contributed by atoms with van der Waals surface area (Å²) in [5.74, 6) is -0.412. The Morgan fingerprint density at radius 1 is 1.57 bits per heavy atom. The first-order valence-electron chi connectivity index (χ1n) is 3.59. The highest BCUT2D eigenvalue weighted by atomic mass is 79.9. The Kier molecular flexibility index (Phi) is 3.60. The number of benzene rings is 1. The minimum atomic E-state index is -0.528. The first kappa shape index (κ1) is 11.1. The lowest BCUT2D eigenvalue weighted by Gasteiger charge is -2.00. The number of nitro groups is 1. The smallest absolute Gasteiger partial charge is 0.270 e. The number of ketones is 1. The molecular formula is C8H5BrClNO3. The second kappa shape index (κ2) is 4.52. The van der Waals surface area contributed by atoms with Crippen LogP contribution < -0.4 is 0 Å². The molecule has 0 radical (unpaired) electrons. The molecule has 0 unspecified atom stereocenters. The number of non-ortho nitro benzene ring substituents is 1. The zero-order chi connectivity index (χ0) is 10.7. The highest BCUT2D eigenvalue weighted by Crippen LogP contribution is 2.23. The van der Waals surface area contributed by atoms with Crippen molar-refractivity contribution in [3.05, 3.63) is 38.3 Å². The molecule has 0 bridgehead atoms. The molecule has 1 rings (SSSR count). The first-order chi connectivity index (χ1) is 6.56. The van der Waals surface area contributed by atoms with Crippen LogP contribution in [0.2, 0.25) is 0 Å². The standard InChI is InChI=1S/C8H5BrClNO3/c9-7-3-5(11(13)14)1-2-6(7)8(12)4-10/h1-3H,4H2. The van der Waals surface area contributed by atoms with E-state index in [1.165, 1.54) is 18.2 Å². The summed E-state index contributed by atoms with van der Waals surface area (Å²) in [6.45, 7) is 0. The molecule has 0 fully saturated rings. The minimum Gasteiger partial charge on any atom is -0.293 e. The normalized spacial score (nSPS) is 9.86. The molecule has 0 saturated heterocycles. The molecule has 74 valence electrons. The number of nitro benzene ring substituents is 1. The predicted octanol–water partition coefficient (Wildman–Crippen LogP) is 2.78. The Labute approximate surface area is 93.1 Å². The van der Waals surface area contributed by atoms with E-state index in [1.807, 2.05) is 0 Å². The largest absolute Gasteiger partial charge is 0.293 e. The molecule has 1 aromatic carbocycles. The van der Waals surface area contributed by atoms with Crippen molar-refractivity contribution in [3.8, 4) is 0 Å². The third kappa shape index (κ3) is 2.30. The topological polar surface area (TPSA) is 60.2 Å². The second-order valence-electron chi connectivity index (χ2n) is 2.48. The van der Waals surface area contributed by atoms with E-state index in [0.29, 0.717) is 10.0 Å². The lowest BCUT2D eigenvalue weighted by atomic mass is 10.1. The predicted molar refractivity (Wildman–Crippen MR) is 55.8 cm³/mol. The van der Waals surface area contributed by atoms with E-state index in [0.717, 1.165) is 0 Å². The fourth-order valence-corrected chi connectivity index (χ4v) is 1.65. The summed E-state index contributed by atoms with van der Waals surface area (Å²) < 4.78 is 0.386. The van der Waals surface area contributed by atoms with E-state index >= 15 is 0 Å². The first-order valence-corrected chi connectivity index (χ1v) is 4.92. The number of halogens is 2. The molecule has 6 heteroatoms. The Bertz CT molecular complexity index is 394. The quantitative estimate of drug-likeness (QED) is 0.370. The van der Waals surface area contributed by atoms with Crippen molar-refractivity contribution in [2.24, 2.45) is 0 Å². The molecule has 0 aliphatic heterocycles. The Balaban J connectivity index is 3.14. The fourth-order valence-electron chi connectivity index (χ4n) is 0.916. The average molecular weight is 278 g/mol. The van der Waals surface area contributed by atoms with Crippen molar-refractivity contribution in [1.82, 2.24) is 0 Å². The van der Waals surface area contributed by atoms with Gasteiger partial charge in [0.1, 0.15) is 0 Å². The van der Waals surface area contributed by atoms with E-state index in [1.54, 1.807) is 0 Å². The van der Waals surface area contributed by atoms with Gasteiger partial charge in [-0.1, -0.05) is 0 Å². The number of carbonyl (C=O) groups is 1. The molecule has 0 atom stereocenters. The molecule has 1 aromatic rings. The van der Waals surface area contributed by atoms with Crippen LogP contribution in [-0.4, -0.2) is 16.6 Å². The van der Waals surface area contributed by atoms with Crippen LogP contribution in [0.3, 0.4) is 0 Å². The molecule has 0 aliphatic carbocycles. The van der Waals surface area contributed by atoms with Crippen molar-refractivity contribution in [2.75, 3.05) is 5.88 Å². The molecule has 4 nitrogen and oxygen atoms in total. The maximum Gasteiger partial charge on any atom is 0.270 e. The zero-order valence-corrected chi connectivity index (χ0v) is 9.21. The molecule has 0 saturated carbocycles. The van der Waals surface area contributed by atoms with Crippen LogP contribution in [0.4, 0.5) is 5.69 Å². The number of alkyl halides is 1. The highest BCUT2D eigenvalue weighted by molar-refractivity contribution is 9.10. The number of nitrogens with zero attached hydrogens (tertiary/aromatic N) is 1. The second-order valence-corrected chi connectivity index (χ2v) is 3.60. The lowest BCUT2D eigenvalue weighted by molar-refractivity contribution is -0.384. The number of carbonyl (C=O) groups excluding carboxylic acids is 1. The Morgan fingerprint density at radius 2 is 2.21 bits per heavy atom. The molecule has 0 aliphatic rings. The van der Waals surface area contributed by atoms with E-state index in [4.69, 9.17) is 11.6 Å². The van der Waals surface area contributed by atoms with Crippen molar-refractivity contribution >= 4 is 39.0 Å². The van der Waals surface area contributed by atoms with Crippen LogP contribution >= 0.6 is 27.5 Å². The van der Waals surface area contributed by atoms with Gasteiger partial charge in [0.2, 0.25) is 0 Å². The fraction of sp³-hybridized carbons (Fsp3) is 0.125. The van der Waals surface area contributed by atoms with Gasteiger partial charge in [0, 0.05) is 22.2 Å². The monoisotopic (exact) mass is 277 g/mol. The maximum absolute atomic E-state index is 11.2. The third-order valence-electron chi connectivity index (χ3n) is 1.59. The molecular weight excluding hydrogens is 273 g/mol. The molecule has 14 heavy (non-hydrogen) atoms. The summed E-state index contributed by atoms with van der Waals surface area (Å²) in [4.78, 5) is 21.0. The van der Waals surface area contributed by atoms with Gasteiger partial charge < -0.3 is 0 Å². The van der Waals surface area contributed by atoms with E-state index in [2.05, 4.69) is 15.9 Å². The summed E-state index contributed by atoms with van der Waals surface area (Å²) >= 11 is 8.43. The van der Waals surface area contributed by atoms with Crippen LogP contribution in [0.1, 0.15) is 10.4 Å².